The molecule has 0 aliphatic carbocycles. The van der Waals surface area contributed by atoms with Crippen LogP contribution in [0.15, 0.2) is 16.6 Å². The maximum atomic E-state index is 12.6. The maximum absolute atomic E-state index is 12.6. The molecule has 25 heavy (non-hydrogen) atoms. The van der Waals surface area contributed by atoms with E-state index in [1.54, 1.807) is 19.2 Å². The van der Waals surface area contributed by atoms with Crippen LogP contribution in [0.3, 0.4) is 0 Å². The lowest BCUT2D eigenvalue weighted by molar-refractivity contribution is -0.121. The Balaban J connectivity index is 1.64. The molecule has 2 atom stereocenters. The summed E-state index contributed by atoms with van der Waals surface area (Å²) >= 11 is 9.44. The Kier molecular flexibility index (Phi) is 5.99. The molecule has 1 unspecified atom stereocenters. The number of amides is 1. The monoisotopic (exact) mass is 429 g/mol. The molecular formula is C17H21BrClN3O3. The molecular weight excluding hydrogens is 410 g/mol. The van der Waals surface area contributed by atoms with Crippen LogP contribution in [0, 0.1) is 0 Å². The van der Waals surface area contributed by atoms with Gasteiger partial charge in [0.15, 0.2) is 5.78 Å². The van der Waals surface area contributed by atoms with E-state index in [0.29, 0.717) is 23.7 Å². The summed E-state index contributed by atoms with van der Waals surface area (Å²) in [6.07, 6.45) is 2.40. The molecule has 0 saturated carbocycles. The summed E-state index contributed by atoms with van der Waals surface area (Å²) in [6.45, 7) is 1.27. The molecule has 1 fully saturated rings. The minimum atomic E-state index is -0.184. The number of hydrogen-bond donors (Lipinski definition) is 2. The molecule has 1 saturated heterocycles. The van der Waals surface area contributed by atoms with E-state index in [9.17, 15) is 9.59 Å². The zero-order valence-electron chi connectivity index (χ0n) is 14.0. The summed E-state index contributed by atoms with van der Waals surface area (Å²) in [6, 6.07) is 3.41. The first-order valence-corrected chi connectivity index (χ1v) is 9.46. The lowest BCUT2D eigenvalue weighted by Crippen LogP contribution is -2.49. The van der Waals surface area contributed by atoms with Crippen molar-refractivity contribution in [2.75, 3.05) is 32.2 Å². The van der Waals surface area contributed by atoms with Gasteiger partial charge in [-0.1, -0.05) is 11.6 Å². The molecule has 8 heteroatoms. The van der Waals surface area contributed by atoms with Crippen LogP contribution in [0.4, 0.5) is 5.69 Å². The van der Waals surface area contributed by atoms with Gasteiger partial charge in [0, 0.05) is 29.7 Å². The van der Waals surface area contributed by atoms with E-state index in [1.807, 2.05) is 0 Å². The van der Waals surface area contributed by atoms with Crippen LogP contribution in [0.5, 0.6) is 0 Å². The van der Waals surface area contributed by atoms with Crippen LogP contribution < -0.4 is 10.6 Å². The number of rotatable bonds is 5. The van der Waals surface area contributed by atoms with Crippen LogP contribution >= 0.6 is 27.5 Å². The van der Waals surface area contributed by atoms with E-state index in [0.717, 1.165) is 29.5 Å². The number of hydrogen-bond acceptors (Lipinski definition) is 5. The Labute approximate surface area is 160 Å². The van der Waals surface area contributed by atoms with Crippen LogP contribution in [-0.2, 0) is 9.53 Å². The van der Waals surface area contributed by atoms with E-state index in [2.05, 4.69) is 26.6 Å². The molecule has 6 nitrogen and oxygen atoms in total. The van der Waals surface area contributed by atoms with Crippen molar-refractivity contribution in [2.45, 2.75) is 31.4 Å². The predicted octanol–water partition coefficient (Wildman–Crippen LogP) is 2.65. The lowest BCUT2D eigenvalue weighted by atomic mass is 9.96. The second kappa shape index (κ2) is 8.03. The first kappa shape index (κ1) is 18.6. The molecule has 136 valence electrons. The van der Waals surface area contributed by atoms with Crippen molar-refractivity contribution in [1.29, 1.82) is 0 Å². The second-order valence-electron chi connectivity index (χ2n) is 6.37. The van der Waals surface area contributed by atoms with Crippen molar-refractivity contribution in [3.05, 3.63) is 27.2 Å². The number of anilines is 1. The Morgan fingerprint density at radius 3 is 3.04 bits per heavy atom. The van der Waals surface area contributed by atoms with Crippen LogP contribution in [0.25, 0.3) is 0 Å². The van der Waals surface area contributed by atoms with Crippen LogP contribution in [0.2, 0.25) is 5.02 Å². The number of methoxy groups -OCH3 is 1. The quantitative estimate of drug-likeness (QED) is 0.751. The zero-order valence-corrected chi connectivity index (χ0v) is 16.3. The fourth-order valence-corrected chi connectivity index (χ4v) is 3.86. The fraction of sp³-hybridized carbons (Fsp3) is 0.529. The minimum absolute atomic E-state index is 0.0109. The molecule has 2 aliphatic rings. The standard InChI is InChI=1S/C17H21BrClN3O3/c1-25-16-3-2-4-20-15(16)5-10(23)8-22-9-21-14-7-12(18)13(19)6-11(14)17(22)24/h6-7,15-16,20-21H,2-5,8-9H2,1H3/t15-,16?/m1/s1. The van der Waals surface area contributed by atoms with Crippen molar-refractivity contribution in [3.8, 4) is 0 Å². The van der Waals surface area contributed by atoms with Gasteiger partial charge in [0.25, 0.3) is 5.91 Å². The van der Waals surface area contributed by atoms with Gasteiger partial charge in [0.1, 0.15) is 0 Å². The highest BCUT2D eigenvalue weighted by atomic mass is 79.9. The molecule has 2 N–H and O–H groups in total. The first-order valence-electron chi connectivity index (χ1n) is 8.29. The van der Waals surface area contributed by atoms with Crippen molar-refractivity contribution in [3.63, 3.8) is 0 Å². The van der Waals surface area contributed by atoms with Gasteiger partial charge in [-0.3, -0.25) is 9.59 Å². The van der Waals surface area contributed by atoms with Crippen molar-refractivity contribution in [2.24, 2.45) is 0 Å². The summed E-state index contributed by atoms with van der Waals surface area (Å²) < 4.78 is 6.19. The predicted molar refractivity (Wildman–Crippen MR) is 100 cm³/mol. The number of halogens is 2. The van der Waals surface area contributed by atoms with Gasteiger partial charge in [-0.2, -0.15) is 0 Å². The summed E-state index contributed by atoms with van der Waals surface area (Å²) in [5.41, 5.74) is 1.20. The molecule has 1 aromatic rings. The van der Waals surface area contributed by atoms with Gasteiger partial charge in [-0.25, -0.2) is 0 Å². The Hall–Kier alpha value is -1.15. The molecule has 0 aromatic heterocycles. The second-order valence-corrected chi connectivity index (χ2v) is 7.63. The number of Topliss-reactive ketones (excluding diaryl/α,β-unsaturated/α-hetero) is 1. The van der Waals surface area contributed by atoms with Crippen molar-refractivity contribution in [1.82, 2.24) is 10.2 Å². The molecule has 1 amide bonds. The summed E-state index contributed by atoms with van der Waals surface area (Å²) in [4.78, 5) is 26.6. The van der Waals surface area contributed by atoms with E-state index < -0.39 is 0 Å². The fourth-order valence-electron chi connectivity index (χ4n) is 3.35. The van der Waals surface area contributed by atoms with Crippen LogP contribution in [-0.4, -0.2) is 55.6 Å². The topological polar surface area (TPSA) is 70.7 Å². The number of piperidine rings is 1. The number of fused-ring (bicyclic) bond motifs is 1. The molecule has 0 spiro atoms. The van der Waals surface area contributed by atoms with Gasteiger partial charge in [0.2, 0.25) is 0 Å². The lowest BCUT2D eigenvalue weighted by Gasteiger charge is -2.33. The molecule has 2 aliphatic heterocycles. The van der Waals surface area contributed by atoms with E-state index >= 15 is 0 Å². The Morgan fingerprint density at radius 1 is 1.48 bits per heavy atom. The van der Waals surface area contributed by atoms with Gasteiger partial charge in [-0.15, -0.1) is 0 Å². The van der Waals surface area contributed by atoms with Gasteiger partial charge < -0.3 is 20.3 Å². The Morgan fingerprint density at radius 2 is 2.28 bits per heavy atom. The average Bonchev–Trinajstić information content (AvgIpc) is 2.60. The first-order chi connectivity index (χ1) is 12.0. The normalized spacial score (nSPS) is 23.2. The molecule has 3 rings (SSSR count). The van der Waals surface area contributed by atoms with Crippen LogP contribution in [0.1, 0.15) is 29.6 Å². The number of nitrogens with zero attached hydrogens (tertiary/aromatic N) is 1. The smallest absolute Gasteiger partial charge is 0.257 e. The van der Waals surface area contributed by atoms with Crippen molar-refractivity contribution < 1.29 is 14.3 Å². The third-order valence-corrected chi connectivity index (χ3v) is 5.87. The van der Waals surface area contributed by atoms with Gasteiger partial charge >= 0.3 is 0 Å². The van der Waals surface area contributed by atoms with E-state index in [-0.39, 0.29) is 30.4 Å². The molecule has 2 heterocycles. The highest BCUT2D eigenvalue weighted by Crippen LogP contribution is 2.32. The number of carbonyl (C=O) groups is 2. The maximum Gasteiger partial charge on any atom is 0.257 e. The highest BCUT2D eigenvalue weighted by molar-refractivity contribution is 9.10. The van der Waals surface area contributed by atoms with Crippen molar-refractivity contribution >= 4 is 44.9 Å². The van der Waals surface area contributed by atoms with Gasteiger partial charge in [0.05, 0.1) is 29.9 Å². The summed E-state index contributed by atoms with van der Waals surface area (Å²) in [5.74, 6) is -0.167. The third-order valence-electron chi connectivity index (χ3n) is 4.68. The SMILES string of the molecule is COC1CCCN[C@@H]1CC(=O)CN1CNc2cc(Br)c(Cl)cc2C1=O. The average molecular weight is 431 g/mol. The van der Waals surface area contributed by atoms with E-state index in [1.165, 1.54) is 4.90 Å². The number of carbonyl (C=O) groups excluding carboxylic acids is 2. The third kappa shape index (κ3) is 4.16. The molecule has 0 radical (unpaired) electrons. The highest BCUT2D eigenvalue weighted by Gasteiger charge is 2.30. The molecule has 0 bridgehead atoms. The van der Waals surface area contributed by atoms with E-state index in [4.69, 9.17) is 16.3 Å². The zero-order chi connectivity index (χ0) is 18.0. The van der Waals surface area contributed by atoms with Gasteiger partial charge in [-0.05, 0) is 47.4 Å². The Bertz CT molecular complexity index is 685. The summed E-state index contributed by atoms with van der Waals surface area (Å²) in [5, 5.41) is 6.97. The minimum Gasteiger partial charge on any atom is -0.380 e. The largest absolute Gasteiger partial charge is 0.380 e. The number of benzene rings is 1. The number of ether oxygens (including phenoxy) is 1. The summed E-state index contributed by atoms with van der Waals surface area (Å²) in [7, 11) is 1.67. The molecule has 1 aromatic carbocycles. The number of ketones is 1. The number of nitrogens with one attached hydrogen (secondary N) is 2.